The van der Waals surface area contributed by atoms with Gasteiger partial charge in [0.1, 0.15) is 11.1 Å². The minimum absolute atomic E-state index is 0. The molecule has 116 valence electrons. The number of hydrogen-bond donors (Lipinski definition) is 2. The number of methoxy groups -OCH3 is 1. The fraction of sp³-hybridized carbons (Fsp3) is 0.692. The van der Waals surface area contributed by atoms with Gasteiger partial charge in [0.25, 0.3) is 0 Å². The van der Waals surface area contributed by atoms with Crippen molar-refractivity contribution in [3.05, 3.63) is 16.1 Å². The van der Waals surface area contributed by atoms with Gasteiger partial charge in [-0.25, -0.2) is 4.98 Å². The lowest BCUT2D eigenvalue weighted by Crippen LogP contribution is -2.44. The van der Waals surface area contributed by atoms with Crippen molar-refractivity contribution in [1.29, 1.82) is 0 Å². The highest BCUT2D eigenvalue weighted by molar-refractivity contribution is 7.09. The summed E-state index contributed by atoms with van der Waals surface area (Å²) in [6.45, 7) is 6.36. The molecule has 0 saturated carbocycles. The summed E-state index contributed by atoms with van der Waals surface area (Å²) in [5, 5.41) is 5.67. The van der Waals surface area contributed by atoms with Crippen LogP contribution in [0.3, 0.4) is 0 Å². The summed E-state index contributed by atoms with van der Waals surface area (Å²) in [6, 6.07) is -0.457. The third-order valence-corrected chi connectivity index (χ3v) is 4.33. The zero-order valence-electron chi connectivity index (χ0n) is 12.4. The van der Waals surface area contributed by atoms with Crippen molar-refractivity contribution in [3.63, 3.8) is 0 Å². The Labute approximate surface area is 130 Å². The molecule has 0 bridgehead atoms. The standard InChI is InChI=1S/C13H23N3O2S.ClH/c1-5-8(2)11(14)12(17)15-6-10-7-19-13(16-10)9(3)18-4;/h7-9,11H,5-6,14H2,1-4H3,(H,15,17);1H. The number of thiazole rings is 1. The van der Waals surface area contributed by atoms with E-state index in [-0.39, 0.29) is 30.3 Å². The van der Waals surface area contributed by atoms with Crippen LogP contribution in [0, 0.1) is 5.92 Å². The number of rotatable bonds is 7. The number of carbonyl (C=O) groups excluding carboxylic acids is 1. The SMILES string of the molecule is CCC(C)C(N)C(=O)NCc1csc(C(C)OC)n1.Cl. The van der Waals surface area contributed by atoms with E-state index in [1.54, 1.807) is 7.11 Å². The van der Waals surface area contributed by atoms with Crippen LogP contribution in [-0.2, 0) is 16.1 Å². The number of aromatic nitrogens is 1. The molecule has 20 heavy (non-hydrogen) atoms. The zero-order chi connectivity index (χ0) is 14.4. The van der Waals surface area contributed by atoms with E-state index in [0.29, 0.717) is 6.54 Å². The summed E-state index contributed by atoms with van der Waals surface area (Å²) in [5.74, 6) is 0.0585. The van der Waals surface area contributed by atoms with Crippen molar-refractivity contribution in [2.75, 3.05) is 7.11 Å². The maximum absolute atomic E-state index is 11.8. The second-order valence-corrected chi connectivity index (χ2v) is 5.57. The molecule has 0 radical (unpaired) electrons. The first-order chi connectivity index (χ1) is 8.99. The molecule has 0 aliphatic carbocycles. The van der Waals surface area contributed by atoms with Crippen molar-refractivity contribution < 1.29 is 9.53 Å². The Morgan fingerprint density at radius 1 is 1.55 bits per heavy atom. The highest BCUT2D eigenvalue weighted by Gasteiger charge is 2.19. The molecule has 3 atom stereocenters. The van der Waals surface area contributed by atoms with Crippen molar-refractivity contribution >= 4 is 29.7 Å². The fourth-order valence-corrected chi connectivity index (χ4v) is 2.35. The molecular weight excluding hydrogens is 298 g/mol. The minimum Gasteiger partial charge on any atom is -0.375 e. The largest absolute Gasteiger partial charge is 0.375 e. The topological polar surface area (TPSA) is 77.2 Å². The minimum atomic E-state index is -0.457. The fourth-order valence-electron chi connectivity index (χ4n) is 1.50. The molecule has 0 aliphatic rings. The highest BCUT2D eigenvalue weighted by Crippen LogP contribution is 2.20. The van der Waals surface area contributed by atoms with E-state index >= 15 is 0 Å². The van der Waals surface area contributed by atoms with E-state index in [9.17, 15) is 4.79 Å². The average molecular weight is 322 g/mol. The molecule has 1 heterocycles. The summed E-state index contributed by atoms with van der Waals surface area (Å²) in [5.41, 5.74) is 6.70. The molecule has 3 N–H and O–H groups in total. The summed E-state index contributed by atoms with van der Waals surface area (Å²) >= 11 is 1.53. The normalized spacial score (nSPS) is 15.1. The van der Waals surface area contributed by atoms with Crippen molar-refractivity contribution in [3.8, 4) is 0 Å². The van der Waals surface area contributed by atoms with Gasteiger partial charge in [-0.05, 0) is 12.8 Å². The van der Waals surface area contributed by atoms with Crippen LogP contribution >= 0.6 is 23.7 Å². The predicted octanol–water partition coefficient (Wildman–Crippen LogP) is 2.26. The summed E-state index contributed by atoms with van der Waals surface area (Å²) in [4.78, 5) is 16.2. The number of halogens is 1. The lowest BCUT2D eigenvalue weighted by atomic mass is 9.99. The number of nitrogens with zero attached hydrogens (tertiary/aromatic N) is 1. The molecule has 0 spiro atoms. The zero-order valence-corrected chi connectivity index (χ0v) is 14.0. The van der Waals surface area contributed by atoms with Crippen LogP contribution in [0.15, 0.2) is 5.38 Å². The van der Waals surface area contributed by atoms with Gasteiger partial charge >= 0.3 is 0 Å². The molecule has 0 aromatic carbocycles. The molecule has 3 unspecified atom stereocenters. The van der Waals surface area contributed by atoms with Crippen LogP contribution in [0.1, 0.15) is 44.0 Å². The van der Waals surface area contributed by atoms with Crippen LogP contribution in [0.4, 0.5) is 0 Å². The van der Waals surface area contributed by atoms with Crippen molar-refractivity contribution in [2.24, 2.45) is 11.7 Å². The monoisotopic (exact) mass is 321 g/mol. The first kappa shape index (κ1) is 19.3. The number of nitrogens with one attached hydrogen (secondary N) is 1. The second kappa shape index (κ2) is 9.28. The Hall–Kier alpha value is -0.690. The second-order valence-electron chi connectivity index (χ2n) is 4.68. The molecule has 1 amide bonds. The smallest absolute Gasteiger partial charge is 0.237 e. The summed E-state index contributed by atoms with van der Waals surface area (Å²) < 4.78 is 5.20. The van der Waals surface area contributed by atoms with Gasteiger partial charge in [0.15, 0.2) is 0 Å². The van der Waals surface area contributed by atoms with Crippen LogP contribution < -0.4 is 11.1 Å². The number of amides is 1. The third-order valence-electron chi connectivity index (χ3n) is 3.27. The van der Waals surface area contributed by atoms with Crippen molar-refractivity contribution in [1.82, 2.24) is 10.3 Å². The molecule has 7 heteroatoms. The van der Waals surface area contributed by atoms with Gasteiger partial charge in [0.05, 0.1) is 18.3 Å². The first-order valence-corrected chi connectivity index (χ1v) is 7.37. The van der Waals surface area contributed by atoms with Gasteiger partial charge < -0.3 is 15.8 Å². The Kier molecular flexibility index (Phi) is 8.96. The Bertz CT molecular complexity index is 414. The first-order valence-electron chi connectivity index (χ1n) is 6.49. The van der Waals surface area contributed by atoms with E-state index in [4.69, 9.17) is 10.5 Å². The van der Waals surface area contributed by atoms with Gasteiger partial charge in [-0.2, -0.15) is 0 Å². The summed E-state index contributed by atoms with van der Waals surface area (Å²) in [7, 11) is 1.65. The molecule has 1 aromatic heterocycles. The van der Waals surface area contributed by atoms with Crippen LogP contribution in [-0.4, -0.2) is 24.0 Å². The van der Waals surface area contributed by atoms with Gasteiger partial charge in [-0.15, -0.1) is 23.7 Å². The van der Waals surface area contributed by atoms with E-state index < -0.39 is 6.04 Å². The molecular formula is C13H24ClN3O2S. The average Bonchev–Trinajstić information content (AvgIpc) is 2.90. The van der Waals surface area contributed by atoms with Gasteiger partial charge in [0.2, 0.25) is 5.91 Å². The van der Waals surface area contributed by atoms with E-state index in [2.05, 4.69) is 10.3 Å². The number of hydrogen-bond acceptors (Lipinski definition) is 5. The molecule has 0 aliphatic heterocycles. The molecule has 5 nitrogen and oxygen atoms in total. The van der Waals surface area contributed by atoms with E-state index in [0.717, 1.165) is 17.1 Å². The molecule has 1 rings (SSSR count). The quantitative estimate of drug-likeness (QED) is 0.807. The number of carbonyl (C=O) groups is 1. The lowest BCUT2D eigenvalue weighted by Gasteiger charge is -2.17. The van der Waals surface area contributed by atoms with Crippen molar-refractivity contribution in [2.45, 2.75) is 45.9 Å². The van der Waals surface area contributed by atoms with E-state index in [1.807, 2.05) is 26.2 Å². The van der Waals surface area contributed by atoms with Crippen LogP contribution in [0.2, 0.25) is 0 Å². The van der Waals surface area contributed by atoms with Gasteiger partial charge in [-0.1, -0.05) is 20.3 Å². The third kappa shape index (κ3) is 5.36. The summed E-state index contributed by atoms with van der Waals surface area (Å²) in [6.07, 6.45) is 0.873. The van der Waals surface area contributed by atoms with Crippen LogP contribution in [0.25, 0.3) is 0 Å². The van der Waals surface area contributed by atoms with Crippen LogP contribution in [0.5, 0.6) is 0 Å². The molecule has 1 aromatic rings. The predicted molar refractivity (Wildman–Crippen MR) is 84.1 cm³/mol. The molecule has 0 saturated heterocycles. The molecule has 0 fully saturated rings. The Balaban J connectivity index is 0.00000361. The highest BCUT2D eigenvalue weighted by atomic mass is 35.5. The maximum Gasteiger partial charge on any atom is 0.237 e. The van der Waals surface area contributed by atoms with Gasteiger partial charge in [-0.3, -0.25) is 4.79 Å². The maximum atomic E-state index is 11.8. The number of ether oxygens (including phenoxy) is 1. The Morgan fingerprint density at radius 3 is 2.75 bits per heavy atom. The van der Waals surface area contributed by atoms with E-state index in [1.165, 1.54) is 11.3 Å². The number of nitrogens with two attached hydrogens (primary N) is 1. The lowest BCUT2D eigenvalue weighted by molar-refractivity contribution is -0.123. The Morgan fingerprint density at radius 2 is 2.20 bits per heavy atom. The van der Waals surface area contributed by atoms with Gasteiger partial charge in [0, 0.05) is 12.5 Å².